The Bertz CT molecular complexity index is 936. The number of Topliss-reactive ketones (excluding diaryl/α,β-unsaturated/α-hetero) is 1. The van der Waals surface area contributed by atoms with Gasteiger partial charge < -0.3 is 9.64 Å². The number of hydrogen-bond acceptors (Lipinski definition) is 5. The summed E-state index contributed by atoms with van der Waals surface area (Å²) in [5.74, 6) is 2.09. The van der Waals surface area contributed by atoms with Gasteiger partial charge in [0.25, 0.3) is 0 Å². The van der Waals surface area contributed by atoms with Crippen molar-refractivity contribution in [3.05, 3.63) is 54.1 Å². The normalized spacial score (nSPS) is 10.6. The minimum atomic E-state index is 0. The number of halogens is 1. The summed E-state index contributed by atoms with van der Waals surface area (Å²) < 4.78 is 6.88. The van der Waals surface area contributed by atoms with E-state index >= 15 is 0 Å². The molecule has 0 aliphatic rings. The van der Waals surface area contributed by atoms with Crippen LogP contribution in [0.4, 0.5) is 0 Å². The number of nitrogens with zero attached hydrogens (tertiary/aromatic N) is 4. The Kier molecular flexibility index (Phi) is 7.31. The summed E-state index contributed by atoms with van der Waals surface area (Å²) in [5, 5.41) is 4.58. The number of methoxy groups -OCH3 is 1. The Labute approximate surface area is 171 Å². The Hall–Kier alpha value is -2.70. The molecule has 1 aromatic heterocycles. The molecule has 0 aliphatic carbocycles. The standard InChI is InChI=1S/C21H24N4O2.ClH/c1-15(26)13-25-21(18-7-5-6-16(12-18)14-24(2)3)22-20(23-25)17-8-10-19(27-4)11-9-17;/h5-12H,13-14H2,1-4H3;1H. The molecule has 0 aliphatic heterocycles. The molecule has 6 nitrogen and oxygen atoms in total. The molecular weight excluding hydrogens is 376 g/mol. The molecule has 0 bridgehead atoms. The number of carbonyl (C=O) groups is 1. The molecule has 148 valence electrons. The average Bonchev–Trinajstić information content (AvgIpc) is 3.04. The van der Waals surface area contributed by atoms with Crippen LogP contribution in [0, 0.1) is 0 Å². The van der Waals surface area contributed by atoms with Gasteiger partial charge in [0.1, 0.15) is 12.3 Å². The lowest BCUT2D eigenvalue weighted by atomic mass is 10.1. The van der Waals surface area contributed by atoms with Crippen LogP contribution in [-0.2, 0) is 17.9 Å². The molecule has 3 aromatic rings. The van der Waals surface area contributed by atoms with Gasteiger partial charge in [-0.05, 0) is 56.9 Å². The van der Waals surface area contributed by atoms with Gasteiger partial charge in [-0.1, -0.05) is 18.2 Å². The fourth-order valence-electron chi connectivity index (χ4n) is 2.91. The molecule has 0 fully saturated rings. The highest BCUT2D eigenvalue weighted by molar-refractivity contribution is 5.85. The van der Waals surface area contributed by atoms with E-state index in [-0.39, 0.29) is 24.7 Å². The van der Waals surface area contributed by atoms with Crippen LogP contribution in [0.2, 0.25) is 0 Å². The van der Waals surface area contributed by atoms with E-state index in [1.807, 2.05) is 50.5 Å². The second-order valence-electron chi connectivity index (χ2n) is 6.79. The second kappa shape index (κ2) is 9.48. The van der Waals surface area contributed by atoms with Gasteiger partial charge >= 0.3 is 0 Å². The van der Waals surface area contributed by atoms with Crippen LogP contribution in [0.3, 0.4) is 0 Å². The molecule has 0 atom stereocenters. The van der Waals surface area contributed by atoms with Gasteiger partial charge in [-0.2, -0.15) is 0 Å². The lowest BCUT2D eigenvalue weighted by Gasteiger charge is -2.11. The van der Waals surface area contributed by atoms with E-state index in [0.717, 1.165) is 23.4 Å². The number of hydrogen-bond donors (Lipinski definition) is 0. The predicted octanol–water partition coefficient (Wildman–Crippen LogP) is 3.69. The summed E-state index contributed by atoms with van der Waals surface area (Å²) in [6.07, 6.45) is 0. The first-order chi connectivity index (χ1) is 13.0. The van der Waals surface area contributed by atoms with Gasteiger partial charge in [0, 0.05) is 17.7 Å². The van der Waals surface area contributed by atoms with Crippen molar-refractivity contribution in [3.63, 3.8) is 0 Å². The number of aromatic nitrogens is 3. The van der Waals surface area contributed by atoms with Gasteiger partial charge in [-0.25, -0.2) is 9.67 Å². The van der Waals surface area contributed by atoms with Gasteiger partial charge in [0.15, 0.2) is 17.4 Å². The molecule has 0 amide bonds. The third kappa shape index (κ3) is 5.18. The number of ketones is 1. The van der Waals surface area contributed by atoms with E-state index in [1.165, 1.54) is 5.56 Å². The van der Waals surface area contributed by atoms with Crippen molar-refractivity contribution >= 4 is 18.2 Å². The van der Waals surface area contributed by atoms with E-state index in [9.17, 15) is 4.79 Å². The zero-order valence-corrected chi connectivity index (χ0v) is 17.4. The number of rotatable bonds is 7. The second-order valence-corrected chi connectivity index (χ2v) is 6.79. The minimum absolute atomic E-state index is 0. The number of benzene rings is 2. The summed E-state index contributed by atoms with van der Waals surface area (Å²) in [6.45, 7) is 2.58. The highest BCUT2D eigenvalue weighted by Crippen LogP contribution is 2.25. The van der Waals surface area contributed by atoms with Crippen LogP contribution < -0.4 is 4.74 Å². The summed E-state index contributed by atoms with van der Waals surface area (Å²) >= 11 is 0. The molecule has 0 saturated heterocycles. The molecule has 0 unspecified atom stereocenters. The molecule has 0 radical (unpaired) electrons. The highest BCUT2D eigenvalue weighted by atomic mass is 35.5. The van der Waals surface area contributed by atoms with Gasteiger partial charge in [-0.3, -0.25) is 4.79 Å². The maximum absolute atomic E-state index is 11.7. The quantitative estimate of drug-likeness (QED) is 0.605. The molecule has 0 spiro atoms. The summed E-state index contributed by atoms with van der Waals surface area (Å²) in [4.78, 5) is 18.6. The third-order valence-corrected chi connectivity index (χ3v) is 4.08. The molecule has 3 rings (SSSR count). The average molecular weight is 401 g/mol. The van der Waals surface area contributed by atoms with Crippen LogP contribution in [0.25, 0.3) is 22.8 Å². The monoisotopic (exact) mass is 400 g/mol. The van der Waals surface area contributed by atoms with E-state index in [1.54, 1.807) is 18.7 Å². The first-order valence-corrected chi connectivity index (χ1v) is 8.79. The van der Waals surface area contributed by atoms with Gasteiger partial charge in [0.05, 0.1) is 7.11 Å². The minimum Gasteiger partial charge on any atom is -0.497 e. The van der Waals surface area contributed by atoms with Crippen LogP contribution in [0.15, 0.2) is 48.5 Å². The maximum Gasteiger partial charge on any atom is 0.181 e. The van der Waals surface area contributed by atoms with Crippen molar-refractivity contribution in [2.45, 2.75) is 20.0 Å². The fourth-order valence-corrected chi connectivity index (χ4v) is 2.91. The first kappa shape index (κ1) is 21.6. The topological polar surface area (TPSA) is 60.2 Å². The molecule has 0 saturated carbocycles. The zero-order chi connectivity index (χ0) is 19.4. The largest absolute Gasteiger partial charge is 0.497 e. The van der Waals surface area contributed by atoms with Crippen molar-refractivity contribution < 1.29 is 9.53 Å². The Balaban J connectivity index is 0.00000280. The molecule has 0 N–H and O–H groups in total. The van der Waals surface area contributed by atoms with Crippen molar-refractivity contribution in [1.82, 2.24) is 19.7 Å². The fraction of sp³-hybridized carbons (Fsp3) is 0.286. The maximum atomic E-state index is 11.7. The first-order valence-electron chi connectivity index (χ1n) is 8.79. The molecule has 7 heteroatoms. The lowest BCUT2D eigenvalue weighted by molar-refractivity contribution is -0.117. The van der Waals surface area contributed by atoms with E-state index in [0.29, 0.717) is 11.6 Å². The molecule has 1 heterocycles. The number of carbonyl (C=O) groups excluding carboxylic acids is 1. The lowest BCUT2D eigenvalue weighted by Crippen LogP contribution is -2.11. The van der Waals surface area contributed by atoms with Crippen molar-refractivity contribution in [3.8, 4) is 28.5 Å². The summed E-state index contributed by atoms with van der Waals surface area (Å²) in [5.41, 5.74) is 3.01. The van der Waals surface area contributed by atoms with Crippen LogP contribution >= 0.6 is 12.4 Å². The molecule has 2 aromatic carbocycles. The molecular formula is C21H25ClN4O2. The van der Waals surface area contributed by atoms with Gasteiger partial charge in [0.2, 0.25) is 0 Å². The summed E-state index contributed by atoms with van der Waals surface area (Å²) in [6, 6.07) is 15.8. The zero-order valence-electron chi connectivity index (χ0n) is 16.5. The van der Waals surface area contributed by atoms with Gasteiger partial charge in [-0.15, -0.1) is 17.5 Å². The Morgan fingerprint density at radius 1 is 1.11 bits per heavy atom. The number of ether oxygens (including phenoxy) is 1. The molecule has 28 heavy (non-hydrogen) atoms. The third-order valence-electron chi connectivity index (χ3n) is 4.08. The van der Waals surface area contributed by atoms with Crippen molar-refractivity contribution in [2.75, 3.05) is 21.2 Å². The van der Waals surface area contributed by atoms with Crippen LogP contribution in [-0.4, -0.2) is 46.7 Å². The predicted molar refractivity (Wildman–Crippen MR) is 113 cm³/mol. The van der Waals surface area contributed by atoms with Crippen LogP contribution in [0.5, 0.6) is 5.75 Å². The highest BCUT2D eigenvalue weighted by Gasteiger charge is 2.15. The van der Waals surface area contributed by atoms with Crippen LogP contribution in [0.1, 0.15) is 12.5 Å². The van der Waals surface area contributed by atoms with E-state index < -0.39 is 0 Å². The smallest absolute Gasteiger partial charge is 0.181 e. The van der Waals surface area contributed by atoms with Crippen molar-refractivity contribution in [2.24, 2.45) is 0 Å². The Morgan fingerprint density at radius 2 is 1.82 bits per heavy atom. The SMILES string of the molecule is COc1ccc(-c2nc(-c3cccc(CN(C)C)c3)n(CC(C)=O)n2)cc1.Cl. The summed E-state index contributed by atoms with van der Waals surface area (Å²) in [7, 11) is 5.70. The van der Waals surface area contributed by atoms with Crippen molar-refractivity contribution in [1.29, 1.82) is 0 Å². The van der Waals surface area contributed by atoms with E-state index in [2.05, 4.69) is 22.1 Å². The Morgan fingerprint density at radius 3 is 2.43 bits per heavy atom. The van der Waals surface area contributed by atoms with E-state index in [4.69, 9.17) is 9.72 Å².